The summed E-state index contributed by atoms with van der Waals surface area (Å²) in [5.41, 5.74) is 2.24. The summed E-state index contributed by atoms with van der Waals surface area (Å²) in [6.45, 7) is 6.07. The number of rotatable bonds is 7. The second-order valence-corrected chi connectivity index (χ2v) is 9.73. The number of hydrogen-bond acceptors (Lipinski definition) is 0. The Balaban J connectivity index is 1.45. The highest BCUT2D eigenvalue weighted by Gasteiger charge is 2.35. The third kappa shape index (κ3) is 4.76. The lowest BCUT2D eigenvalue weighted by Crippen LogP contribution is -2.30. The molecule has 2 aliphatic carbocycles. The number of aryl methyl sites for hydroxylation is 1. The number of unbranched alkanes of at least 4 members (excludes halogenated alkanes) is 1. The van der Waals surface area contributed by atoms with Crippen LogP contribution in [0.15, 0.2) is 43.0 Å². The summed E-state index contributed by atoms with van der Waals surface area (Å²) < 4.78 is 14.5. The summed E-state index contributed by atoms with van der Waals surface area (Å²) in [4.78, 5) is 0. The number of halogens is 1. The Bertz CT molecular complexity index is 836. The molecule has 0 amide bonds. The van der Waals surface area contributed by atoms with Crippen LogP contribution in [0.5, 0.6) is 0 Å². The fraction of sp³-hybridized carbons (Fsp3) is 0.571. The lowest BCUT2D eigenvalue weighted by atomic mass is 9.63. The molecule has 2 saturated carbocycles. The van der Waals surface area contributed by atoms with Gasteiger partial charge in [-0.25, -0.2) is 4.39 Å². The number of benzene rings is 2. The van der Waals surface area contributed by atoms with Gasteiger partial charge in [0.25, 0.3) is 0 Å². The van der Waals surface area contributed by atoms with Crippen LogP contribution in [0.1, 0.15) is 88.2 Å². The van der Waals surface area contributed by atoms with Gasteiger partial charge in [0.15, 0.2) is 0 Å². The van der Waals surface area contributed by atoms with E-state index in [0.29, 0.717) is 5.92 Å². The van der Waals surface area contributed by atoms with E-state index in [1.807, 2.05) is 12.1 Å². The lowest BCUT2D eigenvalue weighted by Gasteiger charge is -2.42. The average molecular weight is 393 g/mol. The van der Waals surface area contributed by atoms with Crippen LogP contribution in [0.25, 0.3) is 10.8 Å². The highest BCUT2D eigenvalue weighted by atomic mass is 19.1. The van der Waals surface area contributed by atoms with Crippen LogP contribution < -0.4 is 0 Å². The predicted octanol–water partition coefficient (Wildman–Crippen LogP) is 8.59. The fourth-order valence-corrected chi connectivity index (χ4v) is 6.08. The Labute approximate surface area is 176 Å². The highest BCUT2D eigenvalue weighted by molar-refractivity contribution is 5.84. The summed E-state index contributed by atoms with van der Waals surface area (Å²) in [6, 6.07) is 10.6. The standard InChI is InChI=1S/C28H37F/c1-3-5-7-20-9-10-22-16-23(12-11-21(22)15-20)24-13-14-25-17-26(8-6-4-2)28(29)19-27(25)18-24/h4,13-14,17-23H,2-3,5-12,15-16H2,1H3. The lowest BCUT2D eigenvalue weighted by molar-refractivity contribution is 0.113. The first kappa shape index (κ1) is 20.6. The van der Waals surface area contributed by atoms with Gasteiger partial charge in [-0.15, -0.1) is 6.58 Å². The molecule has 4 unspecified atom stereocenters. The van der Waals surface area contributed by atoms with Gasteiger partial charge < -0.3 is 0 Å². The van der Waals surface area contributed by atoms with E-state index in [9.17, 15) is 4.39 Å². The molecule has 29 heavy (non-hydrogen) atoms. The first-order chi connectivity index (χ1) is 14.2. The van der Waals surface area contributed by atoms with Crippen molar-refractivity contribution in [1.29, 1.82) is 0 Å². The van der Waals surface area contributed by atoms with Crippen molar-refractivity contribution in [1.82, 2.24) is 0 Å². The molecule has 0 spiro atoms. The Hall–Kier alpha value is -1.63. The van der Waals surface area contributed by atoms with Gasteiger partial charge in [-0.1, -0.05) is 56.9 Å². The Morgan fingerprint density at radius 2 is 1.83 bits per heavy atom. The van der Waals surface area contributed by atoms with E-state index in [4.69, 9.17) is 0 Å². The summed E-state index contributed by atoms with van der Waals surface area (Å²) in [5.74, 6) is 3.47. The molecule has 4 atom stereocenters. The molecule has 0 aliphatic heterocycles. The molecule has 0 heterocycles. The van der Waals surface area contributed by atoms with E-state index in [1.54, 1.807) is 6.07 Å². The second-order valence-electron chi connectivity index (χ2n) is 9.73. The second kappa shape index (κ2) is 9.45. The van der Waals surface area contributed by atoms with Gasteiger partial charge in [-0.2, -0.15) is 0 Å². The smallest absolute Gasteiger partial charge is 0.127 e. The predicted molar refractivity (Wildman–Crippen MR) is 123 cm³/mol. The third-order valence-corrected chi connectivity index (χ3v) is 7.81. The summed E-state index contributed by atoms with van der Waals surface area (Å²) in [7, 11) is 0. The van der Waals surface area contributed by atoms with Crippen LogP contribution in [0.3, 0.4) is 0 Å². The zero-order chi connectivity index (χ0) is 20.2. The molecule has 2 fully saturated rings. The third-order valence-electron chi connectivity index (χ3n) is 7.81. The Kier molecular flexibility index (Phi) is 6.73. The van der Waals surface area contributed by atoms with Crippen LogP contribution in [-0.4, -0.2) is 0 Å². The normalized spacial score (nSPS) is 27.0. The van der Waals surface area contributed by atoms with Crippen molar-refractivity contribution < 1.29 is 4.39 Å². The summed E-state index contributed by atoms with van der Waals surface area (Å²) in [5, 5.41) is 2.23. The van der Waals surface area contributed by atoms with Crippen molar-refractivity contribution in [2.24, 2.45) is 17.8 Å². The van der Waals surface area contributed by atoms with Crippen molar-refractivity contribution in [3.05, 3.63) is 59.9 Å². The molecule has 0 N–H and O–H groups in total. The van der Waals surface area contributed by atoms with E-state index in [1.165, 1.54) is 68.7 Å². The molecule has 0 saturated heterocycles. The molecule has 2 aromatic carbocycles. The highest BCUT2D eigenvalue weighted by Crippen LogP contribution is 2.48. The molecule has 0 bridgehead atoms. The SMILES string of the molecule is C=CCCc1cc2ccc(C3CCC4CC(CCCC)CCC4C3)cc2cc1F. The van der Waals surface area contributed by atoms with Crippen molar-refractivity contribution in [2.45, 2.75) is 83.5 Å². The minimum atomic E-state index is -0.0643. The van der Waals surface area contributed by atoms with Gasteiger partial charge in [0, 0.05) is 0 Å². The molecule has 1 heteroatoms. The molecule has 0 radical (unpaired) electrons. The fourth-order valence-electron chi connectivity index (χ4n) is 6.08. The van der Waals surface area contributed by atoms with E-state index < -0.39 is 0 Å². The maximum atomic E-state index is 14.5. The molecular formula is C28H37F. The van der Waals surface area contributed by atoms with E-state index in [2.05, 4.69) is 31.7 Å². The van der Waals surface area contributed by atoms with Crippen molar-refractivity contribution >= 4 is 10.8 Å². The van der Waals surface area contributed by atoms with Crippen molar-refractivity contribution in [2.75, 3.05) is 0 Å². The molecular weight excluding hydrogens is 355 g/mol. The van der Waals surface area contributed by atoms with Gasteiger partial charge in [0.2, 0.25) is 0 Å². The molecule has 0 aromatic heterocycles. The van der Waals surface area contributed by atoms with Gasteiger partial charge in [0.05, 0.1) is 0 Å². The Morgan fingerprint density at radius 1 is 1.00 bits per heavy atom. The van der Waals surface area contributed by atoms with E-state index in [0.717, 1.165) is 41.5 Å². The maximum Gasteiger partial charge on any atom is 0.127 e. The first-order valence-corrected chi connectivity index (χ1v) is 12.0. The first-order valence-electron chi connectivity index (χ1n) is 12.0. The minimum Gasteiger partial charge on any atom is -0.207 e. The number of allylic oxidation sites excluding steroid dienone is 1. The summed E-state index contributed by atoms with van der Waals surface area (Å²) >= 11 is 0. The summed E-state index contributed by atoms with van der Waals surface area (Å²) in [6.07, 6.45) is 16.0. The van der Waals surface area contributed by atoms with Crippen molar-refractivity contribution in [3.63, 3.8) is 0 Å². The van der Waals surface area contributed by atoms with E-state index in [-0.39, 0.29) is 5.82 Å². The number of fused-ring (bicyclic) bond motifs is 2. The average Bonchev–Trinajstić information content (AvgIpc) is 2.75. The molecule has 4 rings (SSSR count). The zero-order valence-electron chi connectivity index (χ0n) is 18.1. The van der Waals surface area contributed by atoms with Crippen LogP contribution in [0.4, 0.5) is 4.39 Å². The van der Waals surface area contributed by atoms with Gasteiger partial charge >= 0.3 is 0 Å². The Morgan fingerprint density at radius 3 is 2.66 bits per heavy atom. The zero-order valence-corrected chi connectivity index (χ0v) is 18.1. The monoisotopic (exact) mass is 392 g/mol. The van der Waals surface area contributed by atoms with Gasteiger partial charge in [-0.05, 0) is 103 Å². The van der Waals surface area contributed by atoms with Crippen LogP contribution in [0.2, 0.25) is 0 Å². The minimum absolute atomic E-state index is 0.0643. The topological polar surface area (TPSA) is 0 Å². The molecule has 156 valence electrons. The van der Waals surface area contributed by atoms with Crippen LogP contribution >= 0.6 is 0 Å². The maximum absolute atomic E-state index is 14.5. The van der Waals surface area contributed by atoms with Gasteiger partial charge in [0.1, 0.15) is 5.82 Å². The van der Waals surface area contributed by atoms with Crippen LogP contribution in [-0.2, 0) is 6.42 Å². The van der Waals surface area contributed by atoms with Crippen molar-refractivity contribution in [3.8, 4) is 0 Å². The number of hydrogen-bond donors (Lipinski definition) is 0. The van der Waals surface area contributed by atoms with E-state index >= 15 is 0 Å². The molecule has 2 aromatic rings. The quantitative estimate of drug-likeness (QED) is 0.414. The largest absolute Gasteiger partial charge is 0.207 e. The molecule has 2 aliphatic rings. The molecule has 0 nitrogen and oxygen atoms in total. The van der Waals surface area contributed by atoms with Gasteiger partial charge in [-0.3, -0.25) is 0 Å². The van der Waals surface area contributed by atoms with Crippen LogP contribution in [0, 0.1) is 23.6 Å².